The molecule has 0 radical (unpaired) electrons. The summed E-state index contributed by atoms with van der Waals surface area (Å²) in [6, 6.07) is 6.39. The number of nitrogens with two attached hydrogens (primary N) is 2. The number of aliphatic imine (C=N–C) groups is 1. The lowest BCUT2D eigenvalue weighted by atomic mass is 10.0. The van der Waals surface area contributed by atoms with E-state index >= 15 is 4.39 Å². The number of aliphatic hydroxyl groups excluding tert-OH is 1. The van der Waals surface area contributed by atoms with Crippen LogP contribution in [0.15, 0.2) is 52.4 Å². The highest BCUT2D eigenvalue weighted by atomic mass is 19.4. The van der Waals surface area contributed by atoms with Crippen LogP contribution < -0.4 is 31.9 Å². The lowest BCUT2D eigenvalue weighted by molar-refractivity contribution is -0.276. The minimum absolute atomic E-state index is 0.0247. The van der Waals surface area contributed by atoms with E-state index in [1.807, 2.05) is 6.92 Å². The molecule has 18 heteroatoms. The molecule has 7 N–H and O–H groups in total. The quantitative estimate of drug-likeness (QED) is 0.0372. The van der Waals surface area contributed by atoms with E-state index in [1.165, 1.54) is 30.5 Å². The molecule has 2 heterocycles. The summed E-state index contributed by atoms with van der Waals surface area (Å²) in [5, 5.41) is 12.6. The van der Waals surface area contributed by atoms with E-state index in [0.717, 1.165) is 16.7 Å². The molecule has 0 aliphatic carbocycles. The highest BCUT2D eigenvalue weighted by molar-refractivity contribution is 5.83. The maximum atomic E-state index is 15.5. The number of aromatic amines is 1. The van der Waals surface area contributed by atoms with Gasteiger partial charge in [0.2, 0.25) is 0 Å². The Morgan fingerprint density at radius 3 is 2.42 bits per heavy atom. The summed E-state index contributed by atoms with van der Waals surface area (Å²) in [6.45, 7) is 4.09. The number of alkyl halides is 6. The highest BCUT2D eigenvalue weighted by Crippen LogP contribution is 2.37. The van der Waals surface area contributed by atoms with Crippen molar-refractivity contribution in [2.24, 2.45) is 16.5 Å². The third-order valence-electron chi connectivity index (χ3n) is 7.94. The summed E-state index contributed by atoms with van der Waals surface area (Å²) in [6.07, 6.45) is -6.44. The molecule has 0 aliphatic rings. The monoisotopic (exact) mass is 743 g/mol. The van der Waals surface area contributed by atoms with E-state index in [-0.39, 0.29) is 52.1 Å². The number of hydrogen-bond donors (Lipinski definition) is 5. The average molecular weight is 744 g/mol. The largest absolute Gasteiger partial charge is 0.573 e. The minimum Gasteiger partial charge on any atom is -0.405 e. The first-order valence-corrected chi connectivity index (χ1v) is 16.4. The van der Waals surface area contributed by atoms with Gasteiger partial charge in [0.05, 0.1) is 23.8 Å². The van der Waals surface area contributed by atoms with Gasteiger partial charge in [-0.05, 0) is 75.4 Å². The van der Waals surface area contributed by atoms with Crippen molar-refractivity contribution in [3.8, 4) is 28.4 Å². The number of H-pyrrole nitrogens is 1. The van der Waals surface area contributed by atoms with Crippen LogP contribution in [-0.2, 0) is 6.42 Å². The van der Waals surface area contributed by atoms with E-state index in [9.17, 15) is 31.1 Å². The van der Waals surface area contributed by atoms with Crippen LogP contribution >= 0.6 is 0 Å². The summed E-state index contributed by atoms with van der Waals surface area (Å²) in [4.78, 5) is 24.0. The smallest absolute Gasteiger partial charge is 0.405 e. The first kappa shape index (κ1) is 40.1. The van der Waals surface area contributed by atoms with E-state index in [2.05, 4.69) is 29.8 Å². The summed E-state index contributed by atoms with van der Waals surface area (Å²) < 4.78 is 105. The molecule has 4 aromatic rings. The fraction of sp³-hybridized carbons (Fsp3) is 0.441. The fourth-order valence-corrected chi connectivity index (χ4v) is 5.62. The highest BCUT2D eigenvalue weighted by Gasteiger charge is 2.34. The molecule has 0 saturated carbocycles. The van der Waals surface area contributed by atoms with Gasteiger partial charge < -0.3 is 36.3 Å². The maximum Gasteiger partial charge on any atom is 0.573 e. The van der Waals surface area contributed by atoms with Gasteiger partial charge in [0.1, 0.15) is 11.4 Å². The van der Waals surface area contributed by atoms with Gasteiger partial charge in [-0.1, -0.05) is 19.4 Å². The molecule has 2 aromatic heterocycles. The summed E-state index contributed by atoms with van der Waals surface area (Å²) in [5.41, 5.74) is 10.4. The van der Waals surface area contributed by atoms with Crippen LogP contribution in [0.2, 0.25) is 0 Å². The zero-order valence-corrected chi connectivity index (χ0v) is 28.4. The predicted octanol–water partition coefficient (Wildman–Crippen LogP) is 6.16. The Balaban J connectivity index is 1.73. The Labute approximate surface area is 293 Å². The number of halogens is 7. The van der Waals surface area contributed by atoms with Crippen LogP contribution in [0.3, 0.4) is 0 Å². The van der Waals surface area contributed by atoms with Crippen LogP contribution in [0.1, 0.15) is 63.1 Å². The molecule has 0 fully saturated rings. The van der Waals surface area contributed by atoms with Crippen molar-refractivity contribution in [2.45, 2.75) is 77.2 Å². The zero-order valence-electron chi connectivity index (χ0n) is 28.4. The first-order chi connectivity index (χ1) is 24.5. The molecule has 4 rings (SSSR count). The maximum absolute atomic E-state index is 15.5. The number of rotatable bonds is 17. The van der Waals surface area contributed by atoms with E-state index in [4.69, 9.17) is 16.6 Å². The van der Waals surface area contributed by atoms with Gasteiger partial charge in [-0.15, -0.1) is 26.3 Å². The first-order valence-electron chi connectivity index (χ1n) is 16.4. The number of aliphatic hydroxyl groups is 1. The number of nitrogens with zero attached hydrogens (tertiary/aromatic N) is 3. The van der Waals surface area contributed by atoms with Crippen molar-refractivity contribution >= 4 is 16.9 Å². The van der Waals surface area contributed by atoms with Gasteiger partial charge in [0, 0.05) is 47.4 Å². The second-order valence-corrected chi connectivity index (χ2v) is 12.2. The summed E-state index contributed by atoms with van der Waals surface area (Å²) >= 11 is 0. The number of ether oxygens (including phenoxy) is 2. The third kappa shape index (κ3) is 11.2. The van der Waals surface area contributed by atoms with E-state index < -0.39 is 47.8 Å². The normalized spacial score (nSPS) is 13.8. The minimum atomic E-state index is -5.20. The van der Waals surface area contributed by atoms with Crippen molar-refractivity contribution in [1.82, 2.24) is 19.9 Å². The molecule has 0 saturated heterocycles. The van der Waals surface area contributed by atoms with Gasteiger partial charge >= 0.3 is 18.4 Å². The van der Waals surface area contributed by atoms with Crippen molar-refractivity contribution in [2.75, 3.05) is 19.7 Å². The molecule has 2 atom stereocenters. The third-order valence-corrected chi connectivity index (χ3v) is 7.94. The molecule has 0 amide bonds. The second kappa shape index (κ2) is 17.2. The van der Waals surface area contributed by atoms with Crippen LogP contribution in [0, 0.1) is 5.82 Å². The molecule has 2 unspecified atom stereocenters. The SMILES string of the molecule is CCCC(NCCCN=C(C)N)c1ccc(-n2cc3cc(-c4cc(CCCC(N)CO)cc(OC(F)(F)F)c4F)[nH]c3nc2=O)cc1OC(F)(F)F. The van der Waals surface area contributed by atoms with Crippen LogP contribution in [0.5, 0.6) is 11.5 Å². The Morgan fingerprint density at radius 2 is 1.77 bits per heavy atom. The van der Waals surface area contributed by atoms with E-state index in [0.29, 0.717) is 51.0 Å². The summed E-state index contributed by atoms with van der Waals surface area (Å²) in [5.74, 6) is -2.54. The Morgan fingerprint density at radius 1 is 1.06 bits per heavy atom. The van der Waals surface area contributed by atoms with Gasteiger partial charge in [0.25, 0.3) is 0 Å². The van der Waals surface area contributed by atoms with Crippen molar-refractivity contribution < 1.29 is 45.3 Å². The summed E-state index contributed by atoms with van der Waals surface area (Å²) in [7, 11) is 0. The van der Waals surface area contributed by atoms with Crippen LogP contribution in [0.25, 0.3) is 28.0 Å². The second-order valence-electron chi connectivity index (χ2n) is 12.2. The van der Waals surface area contributed by atoms with Crippen molar-refractivity contribution in [3.63, 3.8) is 0 Å². The molecule has 2 aromatic carbocycles. The number of aryl methyl sites for hydroxylation is 1. The van der Waals surface area contributed by atoms with Gasteiger partial charge in [-0.25, -0.2) is 9.18 Å². The van der Waals surface area contributed by atoms with Crippen molar-refractivity contribution in [3.05, 3.63) is 70.0 Å². The Hall–Kier alpha value is -4.68. The number of hydrogen-bond acceptors (Lipinski definition) is 8. The number of fused-ring (bicyclic) bond motifs is 1. The Bertz CT molecular complexity index is 1900. The number of benzene rings is 2. The predicted molar refractivity (Wildman–Crippen MR) is 181 cm³/mol. The van der Waals surface area contributed by atoms with Gasteiger partial charge in [-0.2, -0.15) is 4.98 Å². The van der Waals surface area contributed by atoms with Gasteiger partial charge in [0.15, 0.2) is 11.6 Å². The molecule has 11 nitrogen and oxygen atoms in total. The molecule has 284 valence electrons. The lowest BCUT2D eigenvalue weighted by Crippen LogP contribution is -2.26. The van der Waals surface area contributed by atoms with Crippen molar-refractivity contribution in [1.29, 1.82) is 0 Å². The number of amidine groups is 1. The van der Waals surface area contributed by atoms with E-state index in [1.54, 1.807) is 6.92 Å². The fourth-order valence-electron chi connectivity index (χ4n) is 5.62. The molecule has 0 aliphatic heterocycles. The van der Waals surface area contributed by atoms with Gasteiger partial charge in [-0.3, -0.25) is 9.56 Å². The van der Waals surface area contributed by atoms with Crippen LogP contribution in [0.4, 0.5) is 30.7 Å². The molecule has 0 bridgehead atoms. The molecular formula is C34H40F7N7O4. The lowest BCUT2D eigenvalue weighted by Gasteiger charge is -2.23. The standard InChI is InChI=1S/C34H40F7N7O4/c1-3-6-26(45-12-5-11-44-19(2)42)24-10-9-23(16-28(24)51-33(36,37)38)48-17-21-15-27(46-31(21)47-32(48)50)25-13-20(7-4-8-22(43)18-49)14-29(30(25)35)52-34(39,40)41/h9-10,13-17,22,26,45,49H,3-8,11-12,18,43H2,1-2H3,(H2,42,44)(H,46,47,50). The Kier molecular flexibility index (Phi) is 13.3. The molecule has 0 spiro atoms. The van der Waals surface area contributed by atoms with Crippen LogP contribution in [-0.4, -0.2) is 63.9 Å². The number of nitrogens with one attached hydrogen (secondary N) is 2. The zero-order chi connectivity index (χ0) is 38.2. The number of aromatic nitrogens is 3. The average Bonchev–Trinajstić information content (AvgIpc) is 3.46. The molecular weight excluding hydrogens is 703 g/mol. The molecule has 52 heavy (non-hydrogen) atoms. The topological polar surface area (TPSA) is 166 Å².